The van der Waals surface area contributed by atoms with Crippen LogP contribution in [0.1, 0.15) is 11.3 Å². The number of pyridine rings is 2. The summed E-state index contributed by atoms with van der Waals surface area (Å²) in [6, 6.07) is 16.0. The van der Waals surface area contributed by atoms with E-state index in [4.69, 9.17) is 4.98 Å². The van der Waals surface area contributed by atoms with Gasteiger partial charge < -0.3 is 0 Å². The highest BCUT2D eigenvalue weighted by atomic mass is 15.4. The number of hydrogen-bond acceptors (Lipinski definition) is 4. The second-order valence-corrected chi connectivity index (χ2v) is 6.00. The summed E-state index contributed by atoms with van der Waals surface area (Å²) in [6.45, 7) is 4.06. The van der Waals surface area contributed by atoms with Gasteiger partial charge in [-0.15, -0.1) is 0 Å². The van der Waals surface area contributed by atoms with E-state index in [0.29, 0.717) is 0 Å². The lowest BCUT2D eigenvalue weighted by atomic mass is 10.2. The Labute approximate surface area is 146 Å². The third-order valence-corrected chi connectivity index (χ3v) is 3.96. The Morgan fingerprint density at radius 1 is 0.880 bits per heavy atom. The number of aryl methyl sites for hydroxylation is 2. The third kappa shape index (κ3) is 3.17. The van der Waals surface area contributed by atoms with E-state index in [2.05, 4.69) is 34.5 Å². The minimum absolute atomic E-state index is 0.821. The zero-order chi connectivity index (χ0) is 17.2. The maximum Gasteiger partial charge on any atom is 0.261 e. The van der Waals surface area contributed by atoms with E-state index >= 15 is 0 Å². The first-order chi connectivity index (χ1) is 12.2. The maximum atomic E-state index is 4.79. The van der Waals surface area contributed by atoms with Gasteiger partial charge in [0.2, 0.25) is 6.20 Å². The lowest BCUT2D eigenvalue weighted by Crippen LogP contribution is -2.43. The smallest absolute Gasteiger partial charge is 0.261 e. The zero-order valence-corrected chi connectivity index (χ0v) is 14.1. The van der Waals surface area contributed by atoms with Gasteiger partial charge in [0.15, 0.2) is 5.69 Å². The molecular weight excluding hydrogens is 310 g/mol. The van der Waals surface area contributed by atoms with Crippen LogP contribution in [0.2, 0.25) is 0 Å². The summed E-state index contributed by atoms with van der Waals surface area (Å²) in [5.41, 5.74) is 10.1. The average Bonchev–Trinajstić information content (AvgIpc) is 2.63. The molecule has 0 saturated heterocycles. The Kier molecular flexibility index (Phi) is 3.82. The minimum Gasteiger partial charge on any atom is -0.265 e. The molecule has 0 aliphatic heterocycles. The molecule has 0 aliphatic rings. The number of rotatable bonds is 3. The minimum atomic E-state index is 0.821. The number of fused-ring (bicyclic) bond motifs is 1. The first-order valence-electron chi connectivity index (χ1n) is 8.13. The van der Waals surface area contributed by atoms with E-state index in [-0.39, 0.29) is 0 Å². The van der Waals surface area contributed by atoms with E-state index in [1.165, 1.54) is 5.56 Å². The van der Waals surface area contributed by atoms with Crippen molar-refractivity contribution in [1.82, 2.24) is 15.0 Å². The van der Waals surface area contributed by atoms with Gasteiger partial charge in [-0.25, -0.2) is 4.98 Å². The molecule has 1 aromatic carbocycles. The lowest BCUT2D eigenvalue weighted by Gasteiger charge is -2.06. The molecule has 5 heteroatoms. The molecule has 4 aromatic rings. The fourth-order valence-electron chi connectivity index (χ4n) is 2.74. The van der Waals surface area contributed by atoms with Crippen LogP contribution in [0.25, 0.3) is 22.4 Å². The number of hydrogen-bond donors (Lipinski definition) is 1. The van der Waals surface area contributed by atoms with Gasteiger partial charge in [0.25, 0.3) is 5.52 Å². The second kappa shape index (κ2) is 6.28. The van der Waals surface area contributed by atoms with Crippen molar-refractivity contribution in [3.8, 4) is 11.4 Å². The summed E-state index contributed by atoms with van der Waals surface area (Å²) < 4.78 is 1.99. The third-order valence-electron chi connectivity index (χ3n) is 3.96. The summed E-state index contributed by atoms with van der Waals surface area (Å²) in [5, 5.41) is 0. The van der Waals surface area contributed by atoms with Gasteiger partial charge in [-0.3, -0.25) is 9.97 Å². The quantitative estimate of drug-likeness (QED) is 0.585. The van der Waals surface area contributed by atoms with Crippen LogP contribution in [0.3, 0.4) is 0 Å². The van der Waals surface area contributed by atoms with Crippen molar-refractivity contribution in [2.75, 3.05) is 5.43 Å². The van der Waals surface area contributed by atoms with E-state index in [1.807, 2.05) is 54.2 Å². The summed E-state index contributed by atoms with van der Waals surface area (Å²) in [6.07, 6.45) is 5.51. The van der Waals surface area contributed by atoms with Crippen molar-refractivity contribution < 1.29 is 4.68 Å². The van der Waals surface area contributed by atoms with Crippen molar-refractivity contribution >= 4 is 16.7 Å². The van der Waals surface area contributed by atoms with Crippen LogP contribution in [-0.2, 0) is 0 Å². The van der Waals surface area contributed by atoms with E-state index < -0.39 is 0 Å². The van der Waals surface area contributed by atoms with Crippen LogP contribution in [0, 0.1) is 13.8 Å². The average molecular weight is 328 g/mol. The maximum absolute atomic E-state index is 4.79. The predicted octanol–water partition coefficient (Wildman–Crippen LogP) is 3.47. The second-order valence-electron chi connectivity index (χ2n) is 6.00. The predicted molar refractivity (Wildman–Crippen MR) is 97.9 cm³/mol. The van der Waals surface area contributed by atoms with Crippen molar-refractivity contribution in [3.63, 3.8) is 0 Å². The first-order valence-corrected chi connectivity index (χ1v) is 8.13. The van der Waals surface area contributed by atoms with Gasteiger partial charge in [0.05, 0.1) is 11.4 Å². The molecule has 0 unspecified atom stereocenters. The molecule has 5 nitrogen and oxygen atoms in total. The van der Waals surface area contributed by atoms with Gasteiger partial charge in [-0.05, 0) is 49.7 Å². The highest BCUT2D eigenvalue weighted by molar-refractivity contribution is 5.74. The Morgan fingerprint density at radius 3 is 2.52 bits per heavy atom. The molecule has 1 N–H and O–H groups in total. The molecule has 0 spiro atoms. The van der Waals surface area contributed by atoms with Gasteiger partial charge in [0, 0.05) is 24.2 Å². The van der Waals surface area contributed by atoms with E-state index in [9.17, 15) is 0 Å². The van der Waals surface area contributed by atoms with Crippen molar-refractivity contribution in [2.45, 2.75) is 13.8 Å². The number of aromatic nitrogens is 4. The monoisotopic (exact) mass is 328 g/mol. The van der Waals surface area contributed by atoms with Crippen LogP contribution < -0.4 is 10.1 Å². The van der Waals surface area contributed by atoms with Crippen molar-refractivity contribution in [2.24, 2.45) is 0 Å². The molecule has 0 bridgehead atoms. The normalized spacial score (nSPS) is 10.8. The summed E-state index contributed by atoms with van der Waals surface area (Å²) >= 11 is 0. The van der Waals surface area contributed by atoms with Gasteiger partial charge in [-0.1, -0.05) is 16.8 Å². The first kappa shape index (κ1) is 15.2. The lowest BCUT2D eigenvalue weighted by molar-refractivity contribution is -0.615. The largest absolute Gasteiger partial charge is 0.265 e. The molecule has 4 rings (SSSR count). The van der Waals surface area contributed by atoms with Crippen molar-refractivity contribution in [1.29, 1.82) is 0 Å². The molecule has 0 fully saturated rings. The highest BCUT2D eigenvalue weighted by Crippen LogP contribution is 2.18. The summed E-state index contributed by atoms with van der Waals surface area (Å²) in [5.74, 6) is 0. The molecule has 0 saturated carbocycles. The Balaban J connectivity index is 1.90. The Hall–Kier alpha value is -3.34. The molecule has 25 heavy (non-hydrogen) atoms. The standard InChI is InChI=1S/C20H18N5/c1-14-6-7-18-20(12-14)25(24-16-8-10-21-11-9-16)13-19(23-18)17-5-3-4-15(2)22-17/h3-13H,1-2H3,(H,21,23,24)/q+1. The molecule has 0 aliphatic carbocycles. The van der Waals surface area contributed by atoms with Gasteiger partial charge in [-0.2, -0.15) is 5.43 Å². The summed E-state index contributed by atoms with van der Waals surface area (Å²) in [4.78, 5) is 13.5. The molecule has 0 radical (unpaired) electrons. The van der Waals surface area contributed by atoms with Crippen LogP contribution in [0.5, 0.6) is 0 Å². The fourth-order valence-corrected chi connectivity index (χ4v) is 2.74. The van der Waals surface area contributed by atoms with Crippen LogP contribution in [-0.4, -0.2) is 15.0 Å². The molecule has 0 amide bonds. The summed E-state index contributed by atoms with van der Waals surface area (Å²) in [7, 11) is 0. The molecular formula is C20H18N5+. The molecule has 3 aromatic heterocycles. The van der Waals surface area contributed by atoms with E-state index in [0.717, 1.165) is 33.8 Å². The van der Waals surface area contributed by atoms with Crippen LogP contribution >= 0.6 is 0 Å². The van der Waals surface area contributed by atoms with Gasteiger partial charge >= 0.3 is 0 Å². The fraction of sp³-hybridized carbons (Fsp3) is 0.100. The number of benzene rings is 1. The number of nitrogens with zero attached hydrogens (tertiary/aromatic N) is 4. The van der Waals surface area contributed by atoms with Crippen LogP contribution in [0.15, 0.2) is 67.1 Å². The SMILES string of the molecule is Cc1ccc2nc(-c3cccc(C)n3)c[n+](Nc3ccncc3)c2c1. The Morgan fingerprint density at radius 2 is 1.72 bits per heavy atom. The molecule has 3 heterocycles. The van der Waals surface area contributed by atoms with Crippen molar-refractivity contribution in [3.05, 3.63) is 78.4 Å². The van der Waals surface area contributed by atoms with Gasteiger partial charge in [0.1, 0.15) is 5.52 Å². The number of anilines is 1. The topological polar surface area (TPSA) is 54.6 Å². The Bertz CT molecular complexity index is 1040. The molecule has 0 atom stereocenters. The highest BCUT2D eigenvalue weighted by Gasteiger charge is 2.16. The number of nitrogens with one attached hydrogen (secondary N) is 1. The zero-order valence-electron chi connectivity index (χ0n) is 14.1. The molecule has 122 valence electrons. The van der Waals surface area contributed by atoms with Crippen LogP contribution in [0.4, 0.5) is 5.69 Å². The van der Waals surface area contributed by atoms with E-state index in [1.54, 1.807) is 12.4 Å².